The van der Waals surface area contributed by atoms with Crippen LogP contribution in [0.5, 0.6) is 0 Å². The van der Waals surface area contributed by atoms with Gasteiger partial charge in [-0.25, -0.2) is 5.90 Å². The molecular formula is C4H16N4O. The second-order valence-corrected chi connectivity index (χ2v) is 1.33. The summed E-state index contributed by atoms with van der Waals surface area (Å²) in [6.07, 6.45) is 0. The van der Waals surface area contributed by atoms with E-state index < -0.39 is 0 Å². The van der Waals surface area contributed by atoms with Crippen molar-refractivity contribution in [3.63, 3.8) is 0 Å². The molecule has 0 rings (SSSR count). The molecule has 0 saturated carbocycles. The van der Waals surface area contributed by atoms with Crippen LogP contribution in [0.1, 0.15) is 0 Å². The minimum atomic E-state index is 0.694. The maximum Gasteiger partial charge on any atom is 0.00750 e. The van der Waals surface area contributed by atoms with E-state index in [1.807, 2.05) is 0 Å². The second-order valence-electron chi connectivity index (χ2n) is 1.33. The molecule has 9 heavy (non-hydrogen) atoms. The van der Waals surface area contributed by atoms with Gasteiger partial charge in [0.1, 0.15) is 0 Å². The highest BCUT2D eigenvalue weighted by molar-refractivity contribution is 4.45. The lowest BCUT2D eigenvalue weighted by molar-refractivity contribution is 0.311. The van der Waals surface area contributed by atoms with Gasteiger partial charge in [0, 0.05) is 26.2 Å². The Morgan fingerprint density at radius 2 is 1.33 bits per heavy atom. The van der Waals surface area contributed by atoms with E-state index in [1.54, 1.807) is 0 Å². The van der Waals surface area contributed by atoms with Crippen LogP contribution in [-0.4, -0.2) is 31.4 Å². The van der Waals surface area contributed by atoms with Gasteiger partial charge >= 0.3 is 0 Å². The van der Waals surface area contributed by atoms with E-state index in [1.165, 1.54) is 0 Å². The molecule has 0 atom stereocenters. The molecule has 0 radical (unpaired) electrons. The molecule has 5 nitrogen and oxygen atoms in total. The smallest absolute Gasteiger partial charge is 0.00750 e. The monoisotopic (exact) mass is 136 g/mol. The first-order valence-corrected chi connectivity index (χ1v) is 2.78. The van der Waals surface area contributed by atoms with E-state index in [0.29, 0.717) is 13.1 Å². The summed E-state index contributed by atoms with van der Waals surface area (Å²) in [6, 6.07) is 0. The lowest BCUT2D eigenvalue weighted by atomic mass is 10.6. The van der Waals surface area contributed by atoms with Crippen molar-refractivity contribution in [1.82, 2.24) is 5.32 Å². The topological polar surface area (TPSA) is 110 Å². The van der Waals surface area contributed by atoms with Gasteiger partial charge in [0.25, 0.3) is 0 Å². The average molecular weight is 136 g/mol. The summed E-state index contributed by atoms with van der Waals surface area (Å²) in [5, 5.41) is 9.53. The summed E-state index contributed by atoms with van der Waals surface area (Å²) in [6.45, 7) is 3.13. The van der Waals surface area contributed by atoms with Crippen molar-refractivity contribution >= 4 is 0 Å². The molecule has 0 spiro atoms. The Kier molecular flexibility index (Phi) is 20.1. The Bertz CT molecular complexity index is 31.7. The molecule has 58 valence electrons. The van der Waals surface area contributed by atoms with Crippen molar-refractivity contribution in [2.24, 2.45) is 17.4 Å². The fourth-order valence-electron chi connectivity index (χ4n) is 0.329. The average Bonchev–Trinajstić information content (AvgIpc) is 1.94. The van der Waals surface area contributed by atoms with Crippen molar-refractivity contribution < 1.29 is 5.21 Å². The fraction of sp³-hybridized carbons (Fsp3) is 1.00. The zero-order valence-electron chi connectivity index (χ0n) is 5.51. The van der Waals surface area contributed by atoms with Crippen LogP contribution in [-0.2, 0) is 0 Å². The molecule has 0 fully saturated rings. The van der Waals surface area contributed by atoms with Crippen molar-refractivity contribution in [2.45, 2.75) is 0 Å². The van der Waals surface area contributed by atoms with Crippen molar-refractivity contribution in [3.8, 4) is 0 Å². The molecule has 0 amide bonds. The van der Waals surface area contributed by atoms with Crippen LogP contribution >= 0.6 is 0 Å². The predicted octanol–water partition coefficient (Wildman–Crippen LogP) is -2.17. The fourth-order valence-corrected chi connectivity index (χ4v) is 0.329. The van der Waals surface area contributed by atoms with Crippen LogP contribution in [0.3, 0.4) is 0 Å². The van der Waals surface area contributed by atoms with Crippen LogP contribution in [0.25, 0.3) is 0 Å². The Morgan fingerprint density at radius 3 is 1.56 bits per heavy atom. The van der Waals surface area contributed by atoms with Gasteiger partial charge in [0.2, 0.25) is 0 Å². The predicted molar refractivity (Wildman–Crippen MR) is 37.0 cm³/mol. The molecule has 0 aliphatic heterocycles. The van der Waals surface area contributed by atoms with Crippen LogP contribution in [0.4, 0.5) is 0 Å². The normalized spacial score (nSPS) is 8.00. The number of nitrogens with two attached hydrogens (primary N) is 3. The highest BCUT2D eigenvalue weighted by Crippen LogP contribution is 1.49. The van der Waals surface area contributed by atoms with Crippen molar-refractivity contribution in [3.05, 3.63) is 0 Å². The number of rotatable bonds is 4. The van der Waals surface area contributed by atoms with Crippen LogP contribution < -0.4 is 22.7 Å². The van der Waals surface area contributed by atoms with Crippen molar-refractivity contribution in [1.29, 1.82) is 0 Å². The first-order valence-electron chi connectivity index (χ1n) is 2.78. The molecule has 0 aromatic carbocycles. The van der Waals surface area contributed by atoms with Gasteiger partial charge in [-0.3, -0.25) is 0 Å². The summed E-state index contributed by atoms with van der Waals surface area (Å²) >= 11 is 0. The maximum absolute atomic E-state index is 6.50. The molecule has 5 heteroatoms. The third-order valence-corrected chi connectivity index (χ3v) is 0.642. The number of nitrogens with one attached hydrogen (secondary N) is 1. The first-order chi connectivity index (χ1) is 4.41. The molecule has 0 heterocycles. The Balaban J connectivity index is 0. The molecule has 0 aliphatic carbocycles. The van der Waals surface area contributed by atoms with E-state index in [0.717, 1.165) is 13.1 Å². The summed E-state index contributed by atoms with van der Waals surface area (Å²) in [4.78, 5) is 0. The van der Waals surface area contributed by atoms with Crippen LogP contribution in [0.15, 0.2) is 0 Å². The van der Waals surface area contributed by atoms with Gasteiger partial charge in [-0.15, -0.1) is 0 Å². The van der Waals surface area contributed by atoms with E-state index >= 15 is 0 Å². The first kappa shape index (κ1) is 11.6. The Hall–Kier alpha value is -0.200. The molecule has 0 saturated heterocycles. The van der Waals surface area contributed by atoms with Gasteiger partial charge in [-0.2, -0.15) is 0 Å². The summed E-state index contributed by atoms with van der Waals surface area (Å²) in [5.74, 6) is 3.50. The van der Waals surface area contributed by atoms with E-state index in [4.69, 9.17) is 16.7 Å². The zero-order chi connectivity index (χ0) is 7.54. The summed E-state index contributed by atoms with van der Waals surface area (Å²) in [5.41, 5.74) is 10.3. The lowest BCUT2D eigenvalue weighted by Gasteiger charge is -1.95. The quantitative estimate of drug-likeness (QED) is 0.223. The van der Waals surface area contributed by atoms with Crippen LogP contribution in [0.2, 0.25) is 0 Å². The molecule has 8 N–H and O–H groups in total. The SMILES string of the molecule is NCCNCCN.NO. The van der Waals surface area contributed by atoms with Gasteiger partial charge in [-0.05, 0) is 0 Å². The standard InChI is InChI=1S/C4H13N3.H3NO/c5-1-3-7-4-2-6;1-2/h7H,1-6H2;2H,1H2. The molecule has 0 aliphatic rings. The number of hydrogen-bond donors (Lipinski definition) is 5. The largest absolute Gasteiger partial charge is 0.329 e. The minimum Gasteiger partial charge on any atom is -0.329 e. The van der Waals surface area contributed by atoms with Gasteiger partial charge in [0.15, 0.2) is 0 Å². The molecule has 0 unspecified atom stereocenters. The summed E-state index contributed by atoms with van der Waals surface area (Å²) in [7, 11) is 0. The van der Waals surface area contributed by atoms with E-state index in [9.17, 15) is 0 Å². The van der Waals surface area contributed by atoms with Gasteiger partial charge < -0.3 is 22.0 Å². The third-order valence-electron chi connectivity index (χ3n) is 0.642. The highest BCUT2D eigenvalue weighted by Gasteiger charge is 1.76. The molecule has 0 aromatic rings. The molecular weight excluding hydrogens is 120 g/mol. The third kappa shape index (κ3) is 18.2. The number of hydrogen-bond acceptors (Lipinski definition) is 5. The van der Waals surface area contributed by atoms with Crippen molar-refractivity contribution in [2.75, 3.05) is 26.2 Å². The Labute approximate surface area is 55.2 Å². The summed E-state index contributed by atoms with van der Waals surface area (Å²) < 4.78 is 0. The van der Waals surface area contributed by atoms with Gasteiger partial charge in [-0.1, -0.05) is 0 Å². The van der Waals surface area contributed by atoms with E-state index in [-0.39, 0.29) is 0 Å². The maximum atomic E-state index is 6.50. The second kappa shape index (κ2) is 15.7. The molecule has 0 aromatic heterocycles. The Morgan fingerprint density at radius 1 is 1.00 bits per heavy atom. The van der Waals surface area contributed by atoms with Crippen LogP contribution in [0, 0.1) is 0 Å². The highest BCUT2D eigenvalue weighted by atomic mass is 16.4. The minimum absolute atomic E-state index is 0.694. The lowest BCUT2D eigenvalue weighted by Crippen LogP contribution is -2.27. The van der Waals surface area contributed by atoms with Gasteiger partial charge in [0.05, 0.1) is 0 Å². The van der Waals surface area contributed by atoms with E-state index in [2.05, 4.69) is 11.2 Å². The zero-order valence-corrected chi connectivity index (χ0v) is 5.51. The molecule has 0 bridgehead atoms.